The van der Waals surface area contributed by atoms with Crippen LogP contribution in [0.5, 0.6) is 0 Å². The van der Waals surface area contributed by atoms with Crippen LogP contribution in [0.15, 0.2) is 60.9 Å². The Kier molecular flexibility index (Phi) is 5.52. The third-order valence-electron chi connectivity index (χ3n) is 4.93. The van der Waals surface area contributed by atoms with Crippen LogP contribution in [-0.2, 0) is 17.3 Å². The molecule has 10 heteroatoms. The van der Waals surface area contributed by atoms with E-state index in [-0.39, 0.29) is 17.7 Å². The van der Waals surface area contributed by atoms with Crippen LogP contribution in [-0.4, -0.2) is 37.9 Å². The summed E-state index contributed by atoms with van der Waals surface area (Å²) in [5.41, 5.74) is 1.83. The number of halogens is 3. The summed E-state index contributed by atoms with van der Waals surface area (Å²) < 4.78 is 47.7. The Morgan fingerprint density at radius 1 is 1.09 bits per heavy atom. The van der Waals surface area contributed by atoms with Gasteiger partial charge in [0, 0.05) is 11.1 Å². The first-order chi connectivity index (χ1) is 15.3. The first-order valence-electron chi connectivity index (χ1n) is 9.68. The van der Waals surface area contributed by atoms with Crippen molar-refractivity contribution in [1.29, 1.82) is 0 Å². The molecule has 0 aliphatic carbocycles. The molecule has 0 amide bonds. The van der Waals surface area contributed by atoms with E-state index in [4.69, 9.17) is 4.74 Å². The fourth-order valence-corrected chi connectivity index (χ4v) is 3.33. The number of hydrogen-bond acceptors (Lipinski definition) is 5. The molecule has 4 aromatic rings. The number of alkyl halides is 3. The van der Waals surface area contributed by atoms with E-state index < -0.39 is 17.8 Å². The van der Waals surface area contributed by atoms with Gasteiger partial charge in [-0.1, -0.05) is 24.3 Å². The normalized spacial score (nSPS) is 11.5. The quantitative estimate of drug-likeness (QED) is 0.427. The van der Waals surface area contributed by atoms with E-state index in [2.05, 4.69) is 15.4 Å². The summed E-state index contributed by atoms with van der Waals surface area (Å²) in [5.74, 6) is -0.460. The number of methoxy groups -OCH3 is 1. The molecule has 32 heavy (non-hydrogen) atoms. The van der Waals surface area contributed by atoms with Gasteiger partial charge in [-0.2, -0.15) is 18.3 Å². The van der Waals surface area contributed by atoms with E-state index in [0.717, 1.165) is 4.68 Å². The molecule has 0 saturated carbocycles. The van der Waals surface area contributed by atoms with Crippen LogP contribution in [0.1, 0.15) is 28.5 Å². The van der Waals surface area contributed by atoms with Crippen molar-refractivity contribution in [3.63, 3.8) is 0 Å². The Labute approximate surface area is 181 Å². The van der Waals surface area contributed by atoms with Gasteiger partial charge in [0.25, 0.3) is 0 Å². The lowest BCUT2D eigenvalue weighted by Crippen LogP contribution is -2.15. The van der Waals surface area contributed by atoms with Crippen LogP contribution in [0.25, 0.3) is 22.6 Å². The molecule has 0 fully saturated rings. The van der Waals surface area contributed by atoms with Gasteiger partial charge in [0.05, 0.1) is 36.4 Å². The van der Waals surface area contributed by atoms with Gasteiger partial charge in [0.2, 0.25) is 0 Å². The number of aryl methyl sites for hydroxylation is 1. The van der Waals surface area contributed by atoms with Crippen molar-refractivity contribution in [3.05, 3.63) is 77.7 Å². The highest BCUT2D eigenvalue weighted by Gasteiger charge is 2.38. The van der Waals surface area contributed by atoms with Gasteiger partial charge < -0.3 is 4.74 Å². The number of hydrogen-bond donors (Lipinski definition) is 0. The number of ether oxygens (including phenoxy) is 1. The highest BCUT2D eigenvalue weighted by molar-refractivity contribution is 5.90. The Morgan fingerprint density at radius 3 is 2.47 bits per heavy atom. The van der Waals surface area contributed by atoms with E-state index in [1.807, 2.05) is 0 Å². The zero-order chi connectivity index (χ0) is 22.9. The summed E-state index contributed by atoms with van der Waals surface area (Å²) in [6, 6.07) is 13.1. The predicted octanol–water partition coefficient (Wildman–Crippen LogP) is 4.49. The fraction of sp³-hybridized carbons (Fsp3) is 0.182. The van der Waals surface area contributed by atoms with Crippen molar-refractivity contribution < 1.29 is 22.7 Å². The molecule has 0 aliphatic rings. The van der Waals surface area contributed by atoms with Gasteiger partial charge in [-0.05, 0) is 42.8 Å². The maximum atomic E-state index is 13.5. The maximum absolute atomic E-state index is 13.5. The molecule has 7 nitrogen and oxygen atoms in total. The van der Waals surface area contributed by atoms with Crippen LogP contribution in [0.2, 0.25) is 0 Å². The van der Waals surface area contributed by atoms with Crippen LogP contribution < -0.4 is 0 Å². The average molecular weight is 441 g/mol. The molecule has 0 aliphatic heterocycles. The lowest BCUT2D eigenvalue weighted by molar-refractivity contribution is -0.143. The largest absolute Gasteiger partial charge is 0.465 e. The average Bonchev–Trinajstić information content (AvgIpc) is 3.46. The Morgan fingerprint density at radius 2 is 1.81 bits per heavy atom. The molecule has 0 bridgehead atoms. The second-order valence-electron chi connectivity index (χ2n) is 6.92. The summed E-state index contributed by atoms with van der Waals surface area (Å²) in [5, 5.41) is 12.1. The highest BCUT2D eigenvalue weighted by atomic mass is 19.4. The van der Waals surface area contributed by atoms with Gasteiger partial charge in [0.15, 0.2) is 5.69 Å². The standard InChI is InChI=1S/C22H18F3N5O2/c1-3-14-12-26-30(20(14)22(23,24)25)18-9-7-17(8-10-18)29-13-19(27-28-29)15-5-4-6-16(11-15)21(31)32-2/h4-13H,3H2,1-2H3. The molecular formula is C22H18F3N5O2. The summed E-state index contributed by atoms with van der Waals surface area (Å²) in [6.45, 7) is 1.66. The SMILES string of the molecule is CCc1cnn(-c2ccc(-n3cc(-c4cccc(C(=O)OC)c4)nn3)cc2)c1C(F)(F)F. The Balaban J connectivity index is 1.63. The predicted molar refractivity (Wildman–Crippen MR) is 110 cm³/mol. The summed E-state index contributed by atoms with van der Waals surface area (Å²) in [6.07, 6.45) is -1.38. The van der Waals surface area contributed by atoms with Crippen LogP contribution in [0.4, 0.5) is 13.2 Å². The second-order valence-corrected chi connectivity index (χ2v) is 6.92. The molecule has 0 saturated heterocycles. The van der Waals surface area contributed by atoms with E-state index in [9.17, 15) is 18.0 Å². The Bertz CT molecular complexity index is 1260. The van der Waals surface area contributed by atoms with Crippen LogP contribution in [0.3, 0.4) is 0 Å². The van der Waals surface area contributed by atoms with Gasteiger partial charge >= 0.3 is 12.1 Å². The van der Waals surface area contributed by atoms with Crippen LogP contribution >= 0.6 is 0 Å². The second kappa shape index (κ2) is 8.29. The molecule has 0 N–H and O–H groups in total. The minimum Gasteiger partial charge on any atom is -0.465 e. The van der Waals surface area contributed by atoms with Gasteiger partial charge in [0.1, 0.15) is 5.69 Å². The number of nitrogens with zero attached hydrogens (tertiary/aromatic N) is 5. The molecule has 0 unspecified atom stereocenters. The number of esters is 1. The molecule has 2 heterocycles. The van der Waals surface area contributed by atoms with Crippen molar-refractivity contribution in [2.75, 3.05) is 7.11 Å². The third kappa shape index (κ3) is 3.98. The number of carbonyl (C=O) groups excluding carboxylic acids is 1. The summed E-state index contributed by atoms with van der Waals surface area (Å²) in [4.78, 5) is 11.7. The molecule has 4 rings (SSSR count). The molecule has 0 spiro atoms. The third-order valence-corrected chi connectivity index (χ3v) is 4.93. The smallest absolute Gasteiger partial charge is 0.433 e. The van der Waals surface area contributed by atoms with E-state index in [0.29, 0.717) is 22.5 Å². The topological polar surface area (TPSA) is 74.8 Å². The van der Waals surface area contributed by atoms with E-state index in [1.54, 1.807) is 49.5 Å². The zero-order valence-corrected chi connectivity index (χ0v) is 17.2. The number of benzene rings is 2. The van der Waals surface area contributed by atoms with Gasteiger partial charge in [-0.3, -0.25) is 0 Å². The number of carbonyl (C=O) groups is 1. The molecule has 2 aromatic heterocycles. The highest BCUT2D eigenvalue weighted by Crippen LogP contribution is 2.34. The van der Waals surface area contributed by atoms with Crippen molar-refractivity contribution in [2.45, 2.75) is 19.5 Å². The molecular weight excluding hydrogens is 423 g/mol. The van der Waals surface area contributed by atoms with Gasteiger partial charge in [-0.15, -0.1) is 5.10 Å². The maximum Gasteiger partial charge on any atom is 0.433 e. The molecule has 0 radical (unpaired) electrons. The van der Waals surface area contributed by atoms with E-state index >= 15 is 0 Å². The minimum atomic E-state index is -4.51. The first-order valence-corrected chi connectivity index (χ1v) is 9.68. The number of aromatic nitrogens is 5. The van der Waals surface area contributed by atoms with Crippen molar-refractivity contribution in [2.24, 2.45) is 0 Å². The monoisotopic (exact) mass is 441 g/mol. The fourth-order valence-electron chi connectivity index (χ4n) is 3.33. The number of rotatable bonds is 5. The van der Waals surface area contributed by atoms with Crippen molar-refractivity contribution >= 4 is 5.97 Å². The lowest BCUT2D eigenvalue weighted by Gasteiger charge is -2.12. The molecule has 2 aromatic carbocycles. The van der Waals surface area contributed by atoms with Crippen molar-refractivity contribution in [1.82, 2.24) is 24.8 Å². The minimum absolute atomic E-state index is 0.136. The zero-order valence-electron chi connectivity index (χ0n) is 17.2. The van der Waals surface area contributed by atoms with Crippen LogP contribution in [0, 0.1) is 0 Å². The summed E-state index contributed by atoms with van der Waals surface area (Å²) in [7, 11) is 1.30. The summed E-state index contributed by atoms with van der Waals surface area (Å²) >= 11 is 0. The Hall–Kier alpha value is -3.95. The van der Waals surface area contributed by atoms with E-state index in [1.165, 1.54) is 30.1 Å². The molecule has 0 atom stereocenters. The van der Waals surface area contributed by atoms with Crippen molar-refractivity contribution in [3.8, 4) is 22.6 Å². The molecule has 164 valence electrons. The van der Waals surface area contributed by atoms with Gasteiger partial charge in [-0.25, -0.2) is 14.2 Å². The lowest BCUT2D eigenvalue weighted by atomic mass is 10.1. The first kappa shape index (κ1) is 21.3.